The minimum absolute atomic E-state index is 0.0112. The van der Waals surface area contributed by atoms with Gasteiger partial charge in [-0.05, 0) is 24.3 Å². The van der Waals surface area contributed by atoms with Gasteiger partial charge < -0.3 is 0 Å². The highest BCUT2D eigenvalue weighted by Gasteiger charge is 2.26. The van der Waals surface area contributed by atoms with Gasteiger partial charge in [0.1, 0.15) is 4.90 Å². The van der Waals surface area contributed by atoms with Gasteiger partial charge in [-0.25, -0.2) is 4.98 Å². The molecule has 0 atom stereocenters. The summed E-state index contributed by atoms with van der Waals surface area (Å²) < 4.78 is 26.2. The Kier molecular flexibility index (Phi) is 2.95. The molecule has 0 saturated carbocycles. The zero-order valence-electron chi connectivity index (χ0n) is 10.6. The molecule has 106 valence electrons. The predicted octanol–water partition coefficient (Wildman–Crippen LogP) is 1.60. The van der Waals surface area contributed by atoms with Crippen LogP contribution in [0.1, 0.15) is 0 Å². The molecule has 0 amide bonds. The number of rotatable bonds is 3. The van der Waals surface area contributed by atoms with E-state index in [1.807, 2.05) is 0 Å². The SMILES string of the molecule is O=[N+]([O-])c1ccc(S(=O)(=O)[n+]2c[nH]c3ccccc32)cc1. The molecule has 1 aromatic heterocycles. The first-order chi connectivity index (χ1) is 10.00. The van der Waals surface area contributed by atoms with Gasteiger partial charge in [0.15, 0.2) is 11.0 Å². The van der Waals surface area contributed by atoms with Crippen LogP contribution in [0.3, 0.4) is 0 Å². The second-order valence-corrected chi connectivity index (χ2v) is 6.16. The largest absolute Gasteiger partial charge is 0.335 e. The molecule has 21 heavy (non-hydrogen) atoms. The van der Waals surface area contributed by atoms with E-state index >= 15 is 0 Å². The van der Waals surface area contributed by atoms with Crippen molar-refractivity contribution in [3.63, 3.8) is 0 Å². The topological polar surface area (TPSA) is 96.9 Å². The van der Waals surface area contributed by atoms with E-state index in [1.54, 1.807) is 24.3 Å². The summed E-state index contributed by atoms with van der Waals surface area (Å²) in [5.41, 5.74) is 1.04. The van der Waals surface area contributed by atoms with E-state index in [0.717, 1.165) is 3.97 Å². The van der Waals surface area contributed by atoms with Crippen LogP contribution in [-0.2, 0) is 10.0 Å². The molecule has 0 fully saturated rings. The maximum Gasteiger partial charge on any atom is 0.335 e. The molecule has 1 heterocycles. The fraction of sp³-hybridized carbons (Fsp3) is 0. The molecule has 2 aromatic carbocycles. The zero-order chi connectivity index (χ0) is 15.0. The fourth-order valence-corrected chi connectivity index (χ4v) is 3.35. The van der Waals surface area contributed by atoms with Crippen molar-refractivity contribution in [2.45, 2.75) is 4.90 Å². The lowest BCUT2D eigenvalue weighted by molar-refractivity contribution is -0.480. The van der Waals surface area contributed by atoms with Crippen molar-refractivity contribution in [2.75, 3.05) is 0 Å². The van der Waals surface area contributed by atoms with Crippen LogP contribution in [0.25, 0.3) is 11.0 Å². The monoisotopic (exact) mass is 304 g/mol. The lowest BCUT2D eigenvalue weighted by Gasteiger charge is -2.00. The van der Waals surface area contributed by atoms with Gasteiger partial charge in [0.2, 0.25) is 0 Å². The van der Waals surface area contributed by atoms with Crippen LogP contribution in [-0.4, -0.2) is 18.3 Å². The Labute approximate surface area is 119 Å². The van der Waals surface area contributed by atoms with Gasteiger partial charge in [0.05, 0.1) is 4.92 Å². The van der Waals surface area contributed by atoms with Crippen molar-refractivity contribution in [3.05, 3.63) is 65.0 Å². The average molecular weight is 304 g/mol. The number of fused-ring (bicyclic) bond motifs is 1. The van der Waals surface area contributed by atoms with Crippen LogP contribution >= 0.6 is 0 Å². The molecule has 1 N–H and O–H groups in total. The van der Waals surface area contributed by atoms with E-state index in [0.29, 0.717) is 11.0 Å². The highest BCUT2D eigenvalue weighted by Crippen LogP contribution is 2.17. The fourth-order valence-electron chi connectivity index (χ4n) is 2.04. The second kappa shape index (κ2) is 4.67. The minimum atomic E-state index is -3.80. The van der Waals surface area contributed by atoms with Gasteiger partial charge in [-0.15, -0.1) is 3.97 Å². The Morgan fingerprint density at radius 2 is 1.71 bits per heavy atom. The third-order valence-corrected chi connectivity index (χ3v) is 4.77. The van der Waals surface area contributed by atoms with Crippen molar-refractivity contribution >= 4 is 26.7 Å². The minimum Gasteiger partial charge on any atom is -0.258 e. The molecular weight excluding hydrogens is 294 g/mol. The van der Waals surface area contributed by atoms with Crippen molar-refractivity contribution in [2.24, 2.45) is 0 Å². The second-order valence-electron chi connectivity index (χ2n) is 4.34. The van der Waals surface area contributed by atoms with Crippen LogP contribution in [0, 0.1) is 10.1 Å². The number of nitro benzene ring substituents is 1. The molecule has 7 nitrogen and oxygen atoms in total. The summed E-state index contributed by atoms with van der Waals surface area (Å²) in [6.07, 6.45) is 1.35. The van der Waals surface area contributed by atoms with Gasteiger partial charge >= 0.3 is 10.0 Å². The zero-order valence-corrected chi connectivity index (χ0v) is 11.4. The molecule has 0 spiro atoms. The molecule has 0 bridgehead atoms. The van der Waals surface area contributed by atoms with Gasteiger partial charge in [-0.1, -0.05) is 12.1 Å². The molecule has 0 saturated heterocycles. The first-order valence-electron chi connectivity index (χ1n) is 5.98. The maximum atomic E-state index is 12.6. The quantitative estimate of drug-likeness (QED) is 0.451. The number of non-ortho nitro benzene ring substituents is 1. The van der Waals surface area contributed by atoms with Crippen LogP contribution in [0.15, 0.2) is 59.8 Å². The normalized spacial score (nSPS) is 11.6. The van der Waals surface area contributed by atoms with E-state index in [4.69, 9.17) is 0 Å². The smallest absolute Gasteiger partial charge is 0.258 e. The Hall–Kier alpha value is -2.74. The first-order valence-corrected chi connectivity index (χ1v) is 7.42. The maximum absolute atomic E-state index is 12.6. The first kappa shape index (κ1) is 13.3. The Morgan fingerprint density at radius 3 is 2.38 bits per heavy atom. The standard InChI is InChI=1S/C13H9N3O4S/c17-16(18)10-5-7-11(8-6-10)21(19,20)15-9-14-12-3-1-2-4-13(12)15/h1-9H/p+1. The number of aromatic nitrogens is 2. The third-order valence-electron chi connectivity index (χ3n) is 3.08. The summed E-state index contributed by atoms with van der Waals surface area (Å²) in [6.45, 7) is 0. The van der Waals surface area contributed by atoms with E-state index < -0.39 is 14.9 Å². The lowest BCUT2D eigenvalue weighted by Crippen LogP contribution is -2.41. The summed E-state index contributed by atoms with van der Waals surface area (Å²) in [5, 5.41) is 10.6. The number of nitrogens with one attached hydrogen (secondary N) is 1. The molecule has 0 aliphatic heterocycles. The summed E-state index contributed by atoms with van der Waals surface area (Å²) >= 11 is 0. The molecule has 8 heteroatoms. The number of benzene rings is 2. The Morgan fingerprint density at radius 1 is 1.05 bits per heavy atom. The van der Waals surface area contributed by atoms with Crippen LogP contribution in [0.4, 0.5) is 5.69 Å². The van der Waals surface area contributed by atoms with E-state index in [2.05, 4.69) is 4.98 Å². The summed E-state index contributed by atoms with van der Waals surface area (Å²) in [7, 11) is -3.80. The summed E-state index contributed by atoms with van der Waals surface area (Å²) in [5.74, 6) is 0. The van der Waals surface area contributed by atoms with Crippen molar-refractivity contribution in [1.29, 1.82) is 0 Å². The highest BCUT2D eigenvalue weighted by molar-refractivity contribution is 7.85. The third kappa shape index (κ3) is 2.15. The molecule has 3 aromatic rings. The van der Waals surface area contributed by atoms with E-state index in [1.165, 1.54) is 30.6 Å². The number of H-pyrrole nitrogens is 1. The average Bonchev–Trinajstić information content (AvgIpc) is 2.92. The van der Waals surface area contributed by atoms with Crippen LogP contribution in [0.5, 0.6) is 0 Å². The molecule has 3 rings (SSSR count). The van der Waals surface area contributed by atoms with E-state index in [-0.39, 0.29) is 10.6 Å². The van der Waals surface area contributed by atoms with Crippen molar-refractivity contribution < 1.29 is 17.3 Å². The number of para-hydroxylation sites is 2. The number of nitrogens with zero attached hydrogens (tertiary/aromatic N) is 2. The molecule has 0 aliphatic rings. The van der Waals surface area contributed by atoms with Gasteiger partial charge in [0, 0.05) is 12.1 Å². The van der Waals surface area contributed by atoms with Gasteiger partial charge in [0.25, 0.3) is 12.0 Å². The van der Waals surface area contributed by atoms with Gasteiger partial charge in [-0.3, -0.25) is 10.1 Å². The van der Waals surface area contributed by atoms with E-state index in [9.17, 15) is 18.5 Å². The molecule has 0 aliphatic carbocycles. The summed E-state index contributed by atoms with van der Waals surface area (Å²) in [4.78, 5) is 12.9. The number of nitro groups is 1. The van der Waals surface area contributed by atoms with Crippen molar-refractivity contribution in [3.8, 4) is 0 Å². The number of imidazole rings is 1. The van der Waals surface area contributed by atoms with Crippen LogP contribution in [0.2, 0.25) is 0 Å². The Balaban J connectivity index is 2.14. The van der Waals surface area contributed by atoms with Crippen LogP contribution < -0.4 is 3.97 Å². The predicted molar refractivity (Wildman–Crippen MR) is 74.2 cm³/mol. The number of hydrogen-bond acceptors (Lipinski definition) is 4. The summed E-state index contributed by atoms with van der Waals surface area (Å²) in [6, 6.07) is 11.8. The molecule has 0 unspecified atom stereocenters. The highest BCUT2D eigenvalue weighted by atomic mass is 32.2. The van der Waals surface area contributed by atoms with Crippen molar-refractivity contribution in [1.82, 2.24) is 4.98 Å². The molecule has 0 radical (unpaired) electrons. The lowest BCUT2D eigenvalue weighted by atomic mass is 10.3. The van der Waals surface area contributed by atoms with Gasteiger partial charge in [-0.2, -0.15) is 8.42 Å². The molecular formula is C13H10N3O4S+. The number of hydrogen-bond donors (Lipinski definition) is 1. The number of aromatic amines is 1. The Bertz CT molecular complexity index is 929.